The number of nitrogens with zero attached hydrogens (tertiary/aromatic N) is 2. The second-order valence-corrected chi connectivity index (χ2v) is 5.66. The van der Waals surface area contributed by atoms with Crippen LogP contribution in [0.2, 0.25) is 0 Å². The fourth-order valence-electron chi connectivity index (χ4n) is 2.42. The van der Waals surface area contributed by atoms with Gasteiger partial charge >= 0.3 is 0 Å². The lowest BCUT2D eigenvalue weighted by molar-refractivity contribution is 0.173. The van der Waals surface area contributed by atoms with Crippen LogP contribution in [0.15, 0.2) is 17.5 Å². The van der Waals surface area contributed by atoms with Gasteiger partial charge in [-0.3, -0.25) is 4.90 Å². The lowest BCUT2D eigenvalue weighted by atomic mass is 9.86. The van der Waals surface area contributed by atoms with Crippen LogP contribution < -0.4 is 0 Å². The molecule has 16 heavy (non-hydrogen) atoms. The molecule has 0 saturated heterocycles. The molecule has 86 valence electrons. The second-order valence-electron chi connectivity index (χ2n) is 4.63. The molecule has 0 bridgehead atoms. The van der Waals surface area contributed by atoms with Crippen LogP contribution in [0.25, 0.3) is 0 Å². The third-order valence-corrected chi connectivity index (χ3v) is 4.35. The highest BCUT2D eigenvalue weighted by Gasteiger charge is 2.23. The lowest BCUT2D eigenvalue weighted by Crippen LogP contribution is -2.34. The summed E-state index contributed by atoms with van der Waals surface area (Å²) in [7, 11) is 2.21. The van der Waals surface area contributed by atoms with Gasteiger partial charge in [-0.2, -0.15) is 5.26 Å². The molecule has 1 aromatic rings. The van der Waals surface area contributed by atoms with Crippen LogP contribution in [0.3, 0.4) is 0 Å². The van der Waals surface area contributed by atoms with E-state index in [2.05, 4.69) is 35.5 Å². The maximum atomic E-state index is 8.86. The van der Waals surface area contributed by atoms with Crippen molar-refractivity contribution in [2.75, 3.05) is 7.05 Å². The summed E-state index contributed by atoms with van der Waals surface area (Å²) in [5.74, 6) is 0.311. The molecule has 1 aliphatic rings. The normalized spacial score (nSPS) is 25.6. The van der Waals surface area contributed by atoms with Crippen LogP contribution in [0.5, 0.6) is 0 Å². The second kappa shape index (κ2) is 5.47. The van der Waals surface area contributed by atoms with Gasteiger partial charge in [-0.25, -0.2) is 0 Å². The Hall–Kier alpha value is -0.850. The van der Waals surface area contributed by atoms with Crippen LogP contribution in [0.4, 0.5) is 0 Å². The summed E-state index contributed by atoms with van der Waals surface area (Å²) in [6.07, 6.45) is 4.52. The molecule has 2 nitrogen and oxygen atoms in total. The van der Waals surface area contributed by atoms with Crippen LogP contribution in [0, 0.1) is 17.2 Å². The molecule has 0 spiro atoms. The molecular weight excluding hydrogens is 216 g/mol. The van der Waals surface area contributed by atoms with Crippen LogP contribution >= 0.6 is 11.3 Å². The van der Waals surface area contributed by atoms with E-state index >= 15 is 0 Å². The first kappa shape index (κ1) is 11.6. The van der Waals surface area contributed by atoms with Gasteiger partial charge in [-0.15, -0.1) is 11.3 Å². The quantitative estimate of drug-likeness (QED) is 0.802. The van der Waals surface area contributed by atoms with Crippen LogP contribution in [0.1, 0.15) is 30.6 Å². The molecule has 1 heterocycles. The molecule has 0 unspecified atom stereocenters. The molecule has 3 heteroatoms. The minimum Gasteiger partial charge on any atom is -0.298 e. The van der Waals surface area contributed by atoms with Crippen LogP contribution in [-0.4, -0.2) is 18.0 Å². The lowest BCUT2D eigenvalue weighted by Gasteiger charge is -2.32. The zero-order chi connectivity index (χ0) is 11.4. The van der Waals surface area contributed by atoms with E-state index in [0.717, 1.165) is 19.4 Å². The topological polar surface area (TPSA) is 27.0 Å². The maximum absolute atomic E-state index is 8.86. The van der Waals surface area contributed by atoms with Gasteiger partial charge in [-0.1, -0.05) is 6.07 Å². The van der Waals surface area contributed by atoms with Crippen molar-refractivity contribution in [1.29, 1.82) is 5.26 Å². The number of rotatable bonds is 3. The van der Waals surface area contributed by atoms with Gasteiger partial charge in [0.15, 0.2) is 0 Å². The molecule has 0 aromatic carbocycles. The minimum atomic E-state index is 0.311. The number of hydrogen-bond acceptors (Lipinski definition) is 3. The van der Waals surface area contributed by atoms with E-state index in [1.54, 1.807) is 0 Å². The van der Waals surface area contributed by atoms with Crippen molar-refractivity contribution in [1.82, 2.24) is 4.90 Å². The smallest absolute Gasteiger partial charge is 0.0655 e. The summed E-state index contributed by atoms with van der Waals surface area (Å²) in [4.78, 5) is 3.88. The summed E-state index contributed by atoms with van der Waals surface area (Å²) >= 11 is 1.83. The highest BCUT2D eigenvalue weighted by atomic mass is 32.1. The van der Waals surface area contributed by atoms with E-state index in [1.807, 2.05) is 11.3 Å². The highest BCUT2D eigenvalue weighted by Crippen LogP contribution is 2.27. The first-order valence-corrected chi connectivity index (χ1v) is 6.80. The molecule has 0 radical (unpaired) electrons. The molecule has 1 aromatic heterocycles. The highest BCUT2D eigenvalue weighted by molar-refractivity contribution is 7.09. The third kappa shape index (κ3) is 2.84. The van der Waals surface area contributed by atoms with Crippen molar-refractivity contribution >= 4 is 11.3 Å². The van der Waals surface area contributed by atoms with Gasteiger partial charge < -0.3 is 0 Å². The Morgan fingerprint density at radius 2 is 2.19 bits per heavy atom. The molecule has 1 aliphatic carbocycles. The molecule has 1 saturated carbocycles. The number of thiophene rings is 1. The zero-order valence-electron chi connectivity index (χ0n) is 9.72. The average Bonchev–Trinajstić information content (AvgIpc) is 2.82. The molecular formula is C13H18N2S. The van der Waals surface area contributed by atoms with Crippen molar-refractivity contribution in [3.63, 3.8) is 0 Å². The molecule has 0 atom stereocenters. The van der Waals surface area contributed by atoms with Crippen molar-refractivity contribution in [3.8, 4) is 6.07 Å². The van der Waals surface area contributed by atoms with Gasteiger partial charge in [0.05, 0.1) is 6.07 Å². The van der Waals surface area contributed by atoms with Crippen LogP contribution in [-0.2, 0) is 6.54 Å². The fraction of sp³-hybridized carbons (Fsp3) is 0.615. The largest absolute Gasteiger partial charge is 0.298 e. The molecule has 0 N–H and O–H groups in total. The van der Waals surface area contributed by atoms with Crippen molar-refractivity contribution in [3.05, 3.63) is 22.4 Å². The first-order chi connectivity index (χ1) is 7.79. The van der Waals surface area contributed by atoms with Crippen molar-refractivity contribution in [2.45, 2.75) is 38.3 Å². The van der Waals surface area contributed by atoms with Gasteiger partial charge in [0.25, 0.3) is 0 Å². The summed E-state index contributed by atoms with van der Waals surface area (Å²) in [5.41, 5.74) is 0. The molecule has 2 rings (SSSR count). The summed E-state index contributed by atoms with van der Waals surface area (Å²) < 4.78 is 0. The summed E-state index contributed by atoms with van der Waals surface area (Å²) in [5, 5.41) is 11.0. The van der Waals surface area contributed by atoms with Gasteiger partial charge in [-0.05, 0) is 44.2 Å². The number of nitriles is 1. The summed E-state index contributed by atoms with van der Waals surface area (Å²) in [6.45, 7) is 1.06. The Morgan fingerprint density at radius 3 is 2.75 bits per heavy atom. The maximum Gasteiger partial charge on any atom is 0.0655 e. The van der Waals surface area contributed by atoms with Crippen molar-refractivity contribution in [2.24, 2.45) is 5.92 Å². The Bertz CT molecular complexity index is 345. The SMILES string of the molecule is CN(Cc1cccs1)C1CCC(C#N)CC1. The van der Waals surface area contributed by atoms with E-state index in [4.69, 9.17) is 5.26 Å². The third-order valence-electron chi connectivity index (χ3n) is 3.49. The molecule has 1 fully saturated rings. The first-order valence-electron chi connectivity index (χ1n) is 5.92. The molecule has 0 amide bonds. The minimum absolute atomic E-state index is 0.311. The van der Waals surface area contributed by atoms with E-state index in [-0.39, 0.29) is 0 Å². The van der Waals surface area contributed by atoms with E-state index in [9.17, 15) is 0 Å². The Balaban J connectivity index is 1.83. The Kier molecular flexibility index (Phi) is 3.98. The monoisotopic (exact) mass is 234 g/mol. The van der Waals surface area contributed by atoms with Gasteiger partial charge in [0.2, 0.25) is 0 Å². The fourth-order valence-corrected chi connectivity index (χ4v) is 3.19. The predicted molar refractivity (Wildman–Crippen MR) is 67.1 cm³/mol. The van der Waals surface area contributed by atoms with E-state index in [1.165, 1.54) is 17.7 Å². The zero-order valence-corrected chi connectivity index (χ0v) is 10.5. The number of hydrogen-bond donors (Lipinski definition) is 0. The molecule has 0 aliphatic heterocycles. The standard InChI is InChI=1S/C13H18N2S/c1-15(10-13-3-2-8-16-13)12-6-4-11(9-14)5-7-12/h2-3,8,11-12H,4-7,10H2,1H3. The van der Waals surface area contributed by atoms with Gasteiger partial charge in [0, 0.05) is 23.4 Å². The Morgan fingerprint density at radius 1 is 1.44 bits per heavy atom. The van der Waals surface area contributed by atoms with Crippen molar-refractivity contribution < 1.29 is 0 Å². The van der Waals surface area contributed by atoms with E-state index < -0.39 is 0 Å². The van der Waals surface area contributed by atoms with E-state index in [0.29, 0.717) is 12.0 Å². The average molecular weight is 234 g/mol. The Labute approximate surface area is 102 Å². The summed E-state index contributed by atoms with van der Waals surface area (Å²) in [6, 6.07) is 7.37. The predicted octanol–water partition coefficient (Wildman–Crippen LogP) is 3.26. The van der Waals surface area contributed by atoms with Gasteiger partial charge in [0.1, 0.15) is 0 Å².